The molecule has 150 valence electrons. The zero-order valence-corrected chi connectivity index (χ0v) is 16.4. The van der Waals surface area contributed by atoms with Crippen molar-refractivity contribution in [2.75, 3.05) is 13.1 Å². The summed E-state index contributed by atoms with van der Waals surface area (Å²) in [5.74, 6) is -0.377. The van der Waals surface area contributed by atoms with Crippen LogP contribution < -0.4 is 5.32 Å². The molecule has 30 heavy (non-hydrogen) atoms. The Labute approximate surface area is 172 Å². The molecule has 1 saturated heterocycles. The fourth-order valence-electron chi connectivity index (χ4n) is 3.57. The van der Waals surface area contributed by atoms with Gasteiger partial charge in [-0.3, -0.25) is 15.1 Å². The lowest BCUT2D eigenvalue weighted by Crippen LogP contribution is -2.20. The number of carbonyl (C=O) groups is 1. The third kappa shape index (κ3) is 3.53. The minimum absolute atomic E-state index is 0.0946. The summed E-state index contributed by atoms with van der Waals surface area (Å²) >= 11 is 0. The molecule has 8 nitrogen and oxygen atoms in total. The van der Waals surface area contributed by atoms with E-state index >= 15 is 0 Å². The van der Waals surface area contributed by atoms with E-state index in [0.717, 1.165) is 41.3 Å². The number of nitrogens with one attached hydrogen (secondary N) is 2. The van der Waals surface area contributed by atoms with E-state index in [4.69, 9.17) is 9.72 Å². The molecule has 8 heteroatoms. The van der Waals surface area contributed by atoms with Gasteiger partial charge in [0.15, 0.2) is 0 Å². The van der Waals surface area contributed by atoms with E-state index < -0.39 is 0 Å². The van der Waals surface area contributed by atoms with Crippen molar-refractivity contribution in [2.45, 2.75) is 19.4 Å². The second-order valence-corrected chi connectivity index (χ2v) is 7.30. The molecule has 0 unspecified atom stereocenters. The Bertz CT molecular complexity index is 1230. The van der Waals surface area contributed by atoms with Crippen molar-refractivity contribution >= 4 is 17.0 Å². The fourth-order valence-corrected chi connectivity index (χ4v) is 3.57. The molecule has 5 heterocycles. The standard InChI is InChI=1S/C22H20N6O2/c1-13-3-2-4-19(26-13)21-16(12-25-28-21)17-5-6-18-20(27-17)9-14(10-24-18)22(29)30-15-7-8-23-11-15/h2-6,9-10,12,15,23H,7-8,11H2,1H3,(H,25,28)/t15-/m1/s1. The van der Waals surface area contributed by atoms with E-state index in [-0.39, 0.29) is 12.1 Å². The summed E-state index contributed by atoms with van der Waals surface area (Å²) < 4.78 is 5.54. The number of aromatic amines is 1. The van der Waals surface area contributed by atoms with Crippen LogP contribution in [0.25, 0.3) is 33.7 Å². The van der Waals surface area contributed by atoms with E-state index in [1.807, 2.05) is 37.3 Å². The molecular weight excluding hydrogens is 380 g/mol. The maximum Gasteiger partial charge on any atom is 0.340 e. The number of fused-ring (bicyclic) bond motifs is 1. The van der Waals surface area contributed by atoms with Crippen LogP contribution in [0, 0.1) is 6.92 Å². The lowest BCUT2D eigenvalue weighted by molar-refractivity contribution is 0.0344. The van der Waals surface area contributed by atoms with Crippen molar-refractivity contribution in [3.05, 3.63) is 60.0 Å². The van der Waals surface area contributed by atoms with Gasteiger partial charge in [-0.15, -0.1) is 0 Å². The fraction of sp³-hybridized carbons (Fsp3) is 0.227. The average molecular weight is 400 g/mol. The maximum atomic E-state index is 12.5. The third-order valence-electron chi connectivity index (χ3n) is 5.12. The Morgan fingerprint density at radius 3 is 2.87 bits per heavy atom. The second kappa shape index (κ2) is 7.64. The highest BCUT2D eigenvalue weighted by Gasteiger charge is 2.20. The predicted molar refractivity (Wildman–Crippen MR) is 112 cm³/mol. The van der Waals surface area contributed by atoms with E-state index in [0.29, 0.717) is 23.1 Å². The number of hydrogen-bond acceptors (Lipinski definition) is 7. The molecule has 0 aliphatic carbocycles. The summed E-state index contributed by atoms with van der Waals surface area (Å²) in [6.45, 7) is 3.49. The number of aryl methyl sites for hydroxylation is 1. The summed E-state index contributed by atoms with van der Waals surface area (Å²) in [5, 5.41) is 10.4. The Morgan fingerprint density at radius 1 is 1.10 bits per heavy atom. The molecule has 0 aromatic carbocycles. The molecule has 1 atom stereocenters. The summed E-state index contributed by atoms with van der Waals surface area (Å²) in [5.41, 5.74) is 5.79. The molecule has 5 rings (SSSR count). The number of aromatic nitrogens is 5. The van der Waals surface area contributed by atoms with Crippen LogP contribution in [0.2, 0.25) is 0 Å². The number of nitrogens with zero attached hydrogens (tertiary/aromatic N) is 4. The Balaban J connectivity index is 1.49. The van der Waals surface area contributed by atoms with Gasteiger partial charge in [0.05, 0.1) is 39.9 Å². The summed E-state index contributed by atoms with van der Waals surface area (Å²) in [4.78, 5) is 26.2. The van der Waals surface area contributed by atoms with E-state index in [1.54, 1.807) is 12.3 Å². The average Bonchev–Trinajstić information content (AvgIpc) is 3.45. The van der Waals surface area contributed by atoms with Crippen LogP contribution >= 0.6 is 0 Å². The molecule has 0 spiro atoms. The number of rotatable bonds is 4. The zero-order valence-electron chi connectivity index (χ0n) is 16.4. The summed E-state index contributed by atoms with van der Waals surface area (Å²) in [7, 11) is 0. The normalized spacial score (nSPS) is 16.1. The predicted octanol–water partition coefficient (Wildman–Crippen LogP) is 2.91. The van der Waals surface area contributed by atoms with Crippen molar-refractivity contribution < 1.29 is 9.53 Å². The Morgan fingerprint density at radius 2 is 2.03 bits per heavy atom. The molecule has 0 saturated carbocycles. The van der Waals surface area contributed by atoms with Crippen LogP contribution in [0.5, 0.6) is 0 Å². The first-order valence-electron chi connectivity index (χ1n) is 9.83. The molecule has 1 aliphatic heterocycles. The minimum atomic E-state index is -0.377. The number of hydrogen-bond donors (Lipinski definition) is 2. The summed E-state index contributed by atoms with van der Waals surface area (Å²) in [6, 6.07) is 11.3. The van der Waals surface area contributed by atoms with Gasteiger partial charge in [-0.1, -0.05) is 6.07 Å². The first-order chi connectivity index (χ1) is 14.7. The maximum absolute atomic E-state index is 12.5. The van der Waals surface area contributed by atoms with Gasteiger partial charge in [-0.05, 0) is 50.2 Å². The largest absolute Gasteiger partial charge is 0.457 e. The van der Waals surface area contributed by atoms with Crippen molar-refractivity contribution in [1.82, 2.24) is 30.5 Å². The van der Waals surface area contributed by atoms with Gasteiger partial charge >= 0.3 is 5.97 Å². The number of carbonyl (C=O) groups excluding carboxylic acids is 1. The smallest absolute Gasteiger partial charge is 0.340 e. The quantitative estimate of drug-likeness (QED) is 0.507. The molecule has 0 bridgehead atoms. The highest BCUT2D eigenvalue weighted by Crippen LogP contribution is 2.29. The number of ether oxygens (including phenoxy) is 1. The zero-order chi connectivity index (χ0) is 20.5. The van der Waals surface area contributed by atoms with Gasteiger partial charge in [0.1, 0.15) is 6.10 Å². The molecule has 1 fully saturated rings. The Hall–Kier alpha value is -3.65. The molecule has 2 N–H and O–H groups in total. The first-order valence-corrected chi connectivity index (χ1v) is 9.83. The van der Waals surface area contributed by atoms with Crippen molar-refractivity contribution in [1.29, 1.82) is 0 Å². The topological polar surface area (TPSA) is 106 Å². The van der Waals surface area contributed by atoms with Crippen molar-refractivity contribution in [3.8, 4) is 22.6 Å². The SMILES string of the molecule is Cc1cccc(-c2[nH]ncc2-c2ccc3ncc(C(=O)O[C@@H]4CCNC4)cc3n2)n1. The third-order valence-corrected chi connectivity index (χ3v) is 5.12. The van der Waals surface area contributed by atoms with Gasteiger partial charge in [-0.2, -0.15) is 5.10 Å². The van der Waals surface area contributed by atoms with Gasteiger partial charge in [0.25, 0.3) is 0 Å². The Kier molecular flexibility index (Phi) is 4.68. The number of pyridine rings is 3. The van der Waals surface area contributed by atoms with E-state index in [1.165, 1.54) is 6.20 Å². The van der Waals surface area contributed by atoms with Crippen molar-refractivity contribution in [2.24, 2.45) is 0 Å². The van der Waals surface area contributed by atoms with Gasteiger partial charge in [-0.25, -0.2) is 9.78 Å². The molecule has 0 radical (unpaired) electrons. The van der Waals surface area contributed by atoms with E-state index in [9.17, 15) is 4.79 Å². The van der Waals surface area contributed by atoms with Gasteiger partial charge in [0, 0.05) is 24.0 Å². The second-order valence-electron chi connectivity index (χ2n) is 7.30. The summed E-state index contributed by atoms with van der Waals surface area (Å²) in [6.07, 6.45) is 3.99. The van der Waals surface area contributed by atoms with Crippen LogP contribution in [-0.4, -0.2) is 50.3 Å². The molecule has 4 aromatic heterocycles. The first kappa shape index (κ1) is 18.4. The molecule has 1 aliphatic rings. The lowest BCUT2D eigenvalue weighted by atomic mass is 10.1. The monoisotopic (exact) mass is 400 g/mol. The molecular formula is C22H20N6O2. The highest BCUT2D eigenvalue weighted by atomic mass is 16.5. The number of H-pyrrole nitrogens is 1. The van der Waals surface area contributed by atoms with Gasteiger partial charge in [0.2, 0.25) is 0 Å². The van der Waals surface area contributed by atoms with Crippen LogP contribution in [0.3, 0.4) is 0 Å². The minimum Gasteiger partial charge on any atom is -0.457 e. The van der Waals surface area contributed by atoms with Crippen LogP contribution in [-0.2, 0) is 4.74 Å². The molecule has 4 aromatic rings. The van der Waals surface area contributed by atoms with E-state index in [2.05, 4.69) is 25.5 Å². The highest BCUT2D eigenvalue weighted by molar-refractivity contribution is 5.93. The van der Waals surface area contributed by atoms with Crippen LogP contribution in [0.15, 0.2) is 48.8 Å². The van der Waals surface area contributed by atoms with Crippen molar-refractivity contribution in [3.63, 3.8) is 0 Å². The van der Waals surface area contributed by atoms with Gasteiger partial charge < -0.3 is 10.1 Å². The van der Waals surface area contributed by atoms with Crippen LogP contribution in [0.4, 0.5) is 0 Å². The molecule has 0 amide bonds. The lowest BCUT2D eigenvalue weighted by Gasteiger charge is -2.11. The number of esters is 1. The van der Waals surface area contributed by atoms with Crippen LogP contribution in [0.1, 0.15) is 22.5 Å².